The molecule has 27 heavy (non-hydrogen) atoms. The third-order valence-electron chi connectivity index (χ3n) is 4.21. The number of carbonyl (C=O) groups is 2. The van der Waals surface area contributed by atoms with Crippen molar-refractivity contribution in [3.8, 4) is 0 Å². The highest BCUT2D eigenvalue weighted by atomic mass is 19.1. The van der Waals surface area contributed by atoms with Crippen LogP contribution in [0.4, 0.5) is 10.1 Å². The van der Waals surface area contributed by atoms with Gasteiger partial charge in [-0.2, -0.15) is 0 Å². The molecule has 0 radical (unpaired) electrons. The number of benzene rings is 3. The van der Waals surface area contributed by atoms with Crippen LogP contribution in [0.3, 0.4) is 0 Å². The molecule has 5 heteroatoms. The summed E-state index contributed by atoms with van der Waals surface area (Å²) in [6.07, 6.45) is 0. The maximum Gasteiger partial charge on any atom is 0.255 e. The summed E-state index contributed by atoms with van der Waals surface area (Å²) in [7, 11) is 0. The lowest BCUT2D eigenvalue weighted by molar-refractivity contribution is 0.0949. The van der Waals surface area contributed by atoms with Crippen LogP contribution in [0, 0.1) is 12.7 Å². The Labute approximate surface area is 157 Å². The first kappa shape index (κ1) is 18.3. The highest BCUT2D eigenvalue weighted by Gasteiger charge is 2.10. The van der Waals surface area contributed by atoms with Crippen molar-refractivity contribution in [3.05, 3.63) is 101 Å². The van der Waals surface area contributed by atoms with Crippen LogP contribution >= 0.6 is 0 Å². The molecule has 0 fully saturated rings. The number of halogens is 1. The zero-order chi connectivity index (χ0) is 19.2. The average Bonchev–Trinajstić information content (AvgIpc) is 2.69. The van der Waals surface area contributed by atoms with E-state index in [0.717, 1.165) is 11.1 Å². The molecule has 4 nitrogen and oxygen atoms in total. The van der Waals surface area contributed by atoms with Gasteiger partial charge in [0.25, 0.3) is 11.8 Å². The molecule has 0 spiro atoms. The number of hydrogen-bond acceptors (Lipinski definition) is 2. The number of anilines is 1. The molecule has 0 aromatic heterocycles. The normalized spacial score (nSPS) is 10.3. The van der Waals surface area contributed by atoms with Gasteiger partial charge in [0, 0.05) is 23.4 Å². The maximum atomic E-state index is 12.9. The molecule has 3 aromatic rings. The Kier molecular flexibility index (Phi) is 5.61. The topological polar surface area (TPSA) is 58.2 Å². The summed E-state index contributed by atoms with van der Waals surface area (Å²) in [5.41, 5.74) is 3.56. The summed E-state index contributed by atoms with van der Waals surface area (Å²) in [5.74, 6) is -0.897. The molecule has 0 saturated carbocycles. The van der Waals surface area contributed by atoms with Crippen molar-refractivity contribution < 1.29 is 14.0 Å². The SMILES string of the molecule is Cc1ccccc1CNC(=O)c1ccc(C(=O)Nc2ccc(F)cc2)cc1. The van der Waals surface area contributed by atoms with E-state index in [9.17, 15) is 14.0 Å². The zero-order valence-corrected chi connectivity index (χ0v) is 14.8. The number of aryl methyl sites for hydroxylation is 1. The number of amides is 2. The summed E-state index contributed by atoms with van der Waals surface area (Å²) >= 11 is 0. The van der Waals surface area contributed by atoms with E-state index in [1.54, 1.807) is 24.3 Å². The highest BCUT2D eigenvalue weighted by Crippen LogP contribution is 2.12. The molecule has 0 aliphatic rings. The number of nitrogens with one attached hydrogen (secondary N) is 2. The van der Waals surface area contributed by atoms with Gasteiger partial charge in [-0.3, -0.25) is 9.59 Å². The predicted molar refractivity (Wildman–Crippen MR) is 103 cm³/mol. The Morgan fingerprint density at radius 3 is 2.04 bits per heavy atom. The maximum absolute atomic E-state index is 12.9. The van der Waals surface area contributed by atoms with Crippen LogP contribution in [-0.4, -0.2) is 11.8 Å². The molecule has 0 atom stereocenters. The van der Waals surface area contributed by atoms with Gasteiger partial charge in [0.15, 0.2) is 0 Å². The van der Waals surface area contributed by atoms with Crippen LogP contribution in [0.1, 0.15) is 31.8 Å². The Hall–Kier alpha value is -3.47. The standard InChI is InChI=1S/C22H19FN2O2/c1-15-4-2-3-5-18(15)14-24-21(26)16-6-8-17(9-7-16)22(27)25-20-12-10-19(23)11-13-20/h2-13H,14H2,1H3,(H,24,26)(H,25,27). The monoisotopic (exact) mass is 362 g/mol. The Morgan fingerprint density at radius 2 is 1.41 bits per heavy atom. The van der Waals surface area contributed by atoms with Crippen molar-refractivity contribution in [1.82, 2.24) is 5.32 Å². The van der Waals surface area contributed by atoms with Gasteiger partial charge in [0.2, 0.25) is 0 Å². The summed E-state index contributed by atoms with van der Waals surface area (Å²) in [6, 6.07) is 19.8. The molecule has 0 unspecified atom stereocenters. The summed E-state index contributed by atoms with van der Waals surface area (Å²) in [4.78, 5) is 24.5. The van der Waals surface area contributed by atoms with E-state index in [1.165, 1.54) is 24.3 Å². The molecular weight excluding hydrogens is 343 g/mol. The quantitative estimate of drug-likeness (QED) is 0.710. The van der Waals surface area contributed by atoms with E-state index in [4.69, 9.17) is 0 Å². The Balaban J connectivity index is 1.60. The lowest BCUT2D eigenvalue weighted by Gasteiger charge is -2.09. The van der Waals surface area contributed by atoms with E-state index in [1.807, 2.05) is 31.2 Å². The molecular formula is C22H19FN2O2. The molecule has 3 rings (SSSR count). The molecule has 2 amide bonds. The average molecular weight is 362 g/mol. The van der Waals surface area contributed by atoms with Gasteiger partial charge in [-0.05, 0) is 66.6 Å². The van der Waals surface area contributed by atoms with Crippen molar-refractivity contribution >= 4 is 17.5 Å². The third-order valence-corrected chi connectivity index (χ3v) is 4.21. The van der Waals surface area contributed by atoms with Crippen LogP contribution < -0.4 is 10.6 Å². The van der Waals surface area contributed by atoms with Gasteiger partial charge >= 0.3 is 0 Å². The Morgan fingerprint density at radius 1 is 0.815 bits per heavy atom. The van der Waals surface area contributed by atoms with Crippen molar-refractivity contribution in [1.29, 1.82) is 0 Å². The van der Waals surface area contributed by atoms with Crippen LogP contribution in [0.5, 0.6) is 0 Å². The van der Waals surface area contributed by atoms with Gasteiger partial charge in [-0.1, -0.05) is 24.3 Å². The minimum Gasteiger partial charge on any atom is -0.348 e. The van der Waals surface area contributed by atoms with Crippen LogP contribution in [-0.2, 0) is 6.54 Å². The van der Waals surface area contributed by atoms with E-state index in [0.29, 0.717) is 23.4 Å². The second-order valence-electron chi connectivity index (χ2n) is 6.15. The molecule has 0 bridgehead atoms. The fraction of sp³-hybridized carbons (Fsp3) is 0.0909. The Bertz CT molecular complexity index is 951. The smallest absolute Gasteiger partial charge is 0.255 e. The van der Waals surface area contributed by atoms with Crippen molar-refractivity contribution in [2.45, 2.75) is 13.5 Å². The van der Waals surface area contributed by atoms with Gasteiger partial charge < -0.3 is 10.6 Å². The van der Waals surface area contributed by atoms with Crippen LogP contribution in [0.15, 0.2) is 72.8 Å². The van der Waals surface area contributed by atoms with Crippen molar-refractivity contribution in [2.24, 2.45) is 0 Å². The molecule has 0 saturated heterocycles. The van der Waals surface area contributed by atoms with Crippen molar-refractivity contribution in [3.63, 3.8) is 0 Å². The van der Waals surface area contributed by atoms with Gasteiger partial charge in [-0.25, -0.2) is 4.39 Å². The van der Waals surface area contributed by atoms with E-state index < -0.39 is 0 Å². The van der Waals surface area contributed by atoms with Crippen LogP contribution in [0.25, 0.3) is 0 Å². The third kappa shape index (κ3) is 4.79. The number of rotatable bonds is 5. The summed E-state index contributed by atoms with van der Waals surface area (Å²) in [5, 5.41) is 5.56. The second kappa shape index (κ2) is 8.27. The van der Waals surface area contributed by atoms with Gasteiger partial charge in [0.1, 0.15) is 5.82 Å². The summed E-state index contributed by atoms with van der Waals surface area (Å²) < 4.78 is 12.9. The lowest BCUT2D eigenvalue weighted by atomic mass is 10.1. The van der Waals surface area contributed by atoms with Crippen molar-refractivity contribution in [2.75, 3.05) is 5.32 Å². The molecule has 0 aliphatic carbocycles. The van der Waals surface area contributed by atoms with E-state index in [2.05, 4.69) is 10.6 Å². The highest BCUT2D eigenvalue weighted by molar-refractivity contribution is 6.05. The number of carbonyl (C=O) groups excluding carboxylic acids is 2. The fourth-order valence-electron chi connectivity index (χ4n) is 2.60. The molecule has 136 valence electrons. The zero-order valence-electron chi connectivity index (χ0n) is 14.8. The minimum absolute atomic E-state index is 0.205. The van der Waals surface area contributed by atoms with Gasteiger partial charge in [0.05, 0.1) is 0 Å². The first-order chi connectivity index (χ1) is 13.0. The second-order valence-corrected chi connectivity index (χ2v) is 6.15. The van der Waals surface area contributed by atoms with E-state index >= 15 is 0 Å². The minimum atomic E-state index is -0.367. The molecule has 2 N–H and O–H groups in total. The largest absolute Gasteiger partial charge is 0.348 e. The molecule has 0 aliphatic heterocycles. The summed E-state index contributed by atoms with van der Waals surface area (Å²) in [6.45, 7) is 2.44. The van der Waals surface area contributed by atoms with Crippen LogP contribution in [0.2, 0.25) is 0 Å². The molecule has 3 aromatic carbocycles. The van der Waals surface area contributed by atoms with Gasteiger partial charge in [-0.15, -0.1) is 0 Å². The fourth-order valence-corrected chi connectivity index (χ4v) is 2.60. The first-order valence-corrected chi connectivity index (χ1v) is 8.52. The first-order valence-electron chi connectivity index (χ1n) is 8.52. The number of hydrogen-bond donors (Lipinski definition) is 2. The lowest BCUT2D eigenvalue weighted by Crippen LogP contribution is -2.23. The van der Waals surface area contributed by atoms with E-state index in [-0.39, 0.29) is 17.6 Å². The molecule has 0 heterocycles. The predicted octanol–water partition coefficient (Wildman–Crippen LogP) is 4.32.